The monoisotopic (exact) mass is 372 g/mol. The minimum absolute atomic E-state index is 0.0356. The van der Waals surface area contributed by atoms with Gasteiger partial charge >= 0.3 is 0 Å². The molecule has 0 spiro atoms. The number of hydrogen-bond donors (Lipinski definition) is 0. The molecule has 0 amide bonds. The molecule has 1 aromatic carbocycles. The van der Waals surface area contributed by atoms with Gasteiger partial charge in [-0.05, 0) is 30.3 Å². The first-order chi connectivity index (χ1) is 11.8. The average Bonchev–Trinajstić information content (AvgIpc) is 3.19. The molecule has 136 valence electrons. The van der Waals surface area contributed by atoms with Gasteiger partial charge in [0.15, 0.2) is 0 Å². The minimum atomic E-state index is -3.86. The zero-order valence-electron chi connectivity index (χ0n) is 13.7. The van der Waals surface area contributed by atoms with E-state index in [4.69, 9.17) is 9.25 Å². The maximum atomic E-state index is 14.2. The van der Waals surface area contributed by atoms with E-state index >= 15 is 0 Å². The summed E-state index contributed by atoms with van der Waals surface area (Å²) in [5.74, 6) is -0.846. The van der Waals surface area contributed by atoms with Crippen LogP contribution in [0.4, 0.5) is 8.78 Å². The molecule has 1 aliphatic rings. The van der Waals surface area contributed by atoms with E-state index in [-0.39, 0.29) is 18.7 Å². The molecule has 0 saturated carbocycles. The number of hydroxylamine groups is 2. The van der Waals surface area contributed by atoms with Crippen LogP contribution in [0.3, 0.4) is 0 Å². The standard InChI is InChI=1S/C16H18F2N2O4S/c1-19(9-12-4-3-7-23-12)25(21,22)15-10-24-20(2)16(15)13-8-11(17)5-6-14(13)18/h3-8,15-16H,9-10H2,1-2H3. The Morgan fingerprint density at radius 1 is 1.32 bits per heavy atom. The highest BCUT2D eigenvalue weighted by Gasteiger charge is 2.46. The first-order valence-electron chi connectivity index (χ1n) is 7.59. The van der Waals surface area contributed by atoms with Crippen LogP contribution in [0, 0.1) is 11.6 Å². The van der Waals surface area contributed by atoms with Gasteiger partial charge in [0.1, 0.15) is 22.6 Å². The van der Waals surface area contributed by atoms with Crippen LogP contribution < -0.4 is 0 Å². The van der Waals surface area contributed by atoms with E-state index in [2.05, 4.69) is 0 Å². The highest BCUT2D eigenvalue weighted by molar-refractivity contribution is 7.89. The third kappa shape index (κ3) is 3.45. The first kappa shape index (κ1) is 18.0. The van der Waals surface area contributed by atoms with Crippen molar-refractivity contribution in [2.45, 2.75) is 17.8 Å². The van der Waals surface area contributed by atoms with Gasteiger partial charge in [-0.1, -0.05) is 0 Å². The lowest BCUT2D eigenvalue weighted by Crippen LogP contribution is -2.40. The van der Waals surface area contributed by atoms with Crippen molar-refractivity contribution in [2.24, 2.45) is 0 Å². The lowest BCUT2D eigenvalue weighted by Gasteiger charge is -2.26. The molecule has 0 aliphatic carbocycles. The molecular weight excluding hydrogens is 354 g/mol. The Balaban J connectivity index is 1.92. The van der Waals surface area contributed by atoms with Crippen LogP contribution in [0.25, 0.3) is 0 Å². The summed E-state index contributed by atoms with van der Waals surface area (Å²) in [5.41, 5.74) is -0.0556. The second-order valence-electron chi connectivity index (χ2n) is 5.87. The minimum Gasteiger partial charge on any atom is -0.468 e. The quantitative estimate of drug-likeness (QED) is 0.806. The van der Waals surface area contributed by atoms with Crippen molar-refractivity contribution in [3.05, 3.63) is 59.6 Å². The normalized spacial score (nSPS) is 22.0. The van der Waals surface area contributed by atoms with Crippen LogP contribution in [0.15, 0.2) is 41.0 Å². The topological polar surface area (TPSA) is 63.0 Å². The van der Waals surface area contributed by atoms with Gasteiger partial charge in [0.05, 0.1) is 25.5 Å². The fraction of sp³-hybridized carbons (Fsp3) is 0.375. The highest BCUT2D eigenvalue weighted by atomic mass is 32.2. The molecule has 3 rings (SSSR count). The zero-order valence-corrected chi connectivity index (χ0v) is 14.5. The summed E-state index contributed by atoms with van der Waals surface area (Å²) < 4.78 is 59.9. The summed E-state index contributed by atoms with van der Waals surface area (Å²) in [7, 11) is -0.948. The van der Waals surface area contributed by atoms with E-state index in [1.165, 1.54) is 25.4 Å². The van der Waals surface area contributed by atoms with Crippen molar-refractivity contribution in [3.8, 4) is 0 Å². The number of nitrogens with zero attached hydrogens (tertiary/aromatic N) is 2. The average molecular weight is 372 g/mol. The molecule has 1 aliphatic heterocycles. The smallest absolute Gasteiger partial charge is 0.221 e. The van der Waals surface area contributed by atoms with Gasteiger partial charge < -0.3 is 4.42 Å². The van der Waals surface area contributed by atoms with Crippen molar-refractivity contribution in [1.82, 2.24) is 9.37 Å². The van der Waals surface area contributed by atoms with Gasteiger partial charge in [0.25, 0.3) is 0 Å². The van der Waals surface area contributed by atoms with E-state index in [1.54, 1.807) is 12.1 Å². The predicted molar refractivity (Wildman–Crippen MR) is 85.7 cm³/mol. The largest absolute Gasteiger partial charge is 0.468 e. The number of benzene rings is 1. The molecule has 0 N–H and O–H groups in total. The number of halogens is 2. The fourth-order valence-corrected chi connectivity index (χ4v) is 4.57. The van der Waals surface area contributed by atoms with Crippen molar-refractivity contribution in [3.63, 3.8) is 0 Å². The summed E-state index contributed by atoms with van der Waals surface area (Å²) in [5, 5.41) is 0.176. The van der Waals surface area contributed by atoms with Crippen molar-refractivity contribution in [1.29, 1.82) is 0 Å². The molecule has 2 heterocycles. The predicted octanol–water partition coefficient (Wildman–Crippen LogP) is 2.31. The Kier molecular flexibility index (Phi) is 4.92. The Hall–Kier alpha value is -1.81. The fourth-order valence-electron chi connectivity index (χ4n) is 2.93. The number of sulfonamides is 1. The Labute approximate surface area is 144 Å². The van der Waals surface area contributed by atoms with E-state index in [1.807, 2.05) is 0 Å². The summed E-state index contributed by atoms with van der Waals surface area (Å²) in [6.45, 7) is -0.115. The Bertz CT molecular complexity index is 842. The third-order valence-corrected chi connectivity index (χ3v) is 6.40. The maximum absolute atomic E-state index is 14.2. The highest BCUT2D eigenvalue weighted by Crippen LogP contribution is 2.36. The number of hydrogen-bond acceptors (Lipinski definition) is 5. The van der Waals surface area contributed by atoms with Crippen LogP contribution in [-0.2, 0) is 21.4 Å². The number of furan rings is 1. The molecule has 1 saturated heterocycles. The molecule has 2 atom stereocenters. The lowest BCUT2D eigenvalue weighted by molar-refractivity contribution is -0.111. The lowest BCUT2D eigenvalue weighted by atomic mass is 10.0. The molecule has 0 radical (unpaired) electrons. The molecule has 6 nitrogen and oxygen atoms in total. The summed E-state index contributed by atoms with van der Waals surface area (Å²) in [6, 6.07) is 5.33. The van der Waals surface area contributed by atoms with Crippen molar-refractivity contribution in [2.75, 3.05) is 20.7 Å². The molecule has 25 heavy (non-hydrogen) atoms. The number of rotatable bonds is 5. The Morgan fingerprint density at radius 3 is 2.76 bits per heavy atom. The van der Waals surface area contributed by atoms with E-state index in [0.717, 1.165) is 22.5 Å². The Morgan fingerprint density at radius 2 is 2.08 bits per heavy atom. The molecule has 1 aromatic heterocycles. The van der Waals surface area contributed by atoms with E-state index in [9.17, 15) is 17.2 Å². The van der Waals surface area contributed by atoms with Crippen LogP contribution in [-0.4, -0.2) is 43.7 Å². The molecular formula is C16H18F2N2O4S. The summed E-state index contributed by atoms with van der Waals surface area (Å²) in [6.07, 6.45) is 1.45. The third-order valence-electron chi connectivity index (χ3n) is 4.24. The molecule has 2 aromatic rings. The molecule has 1 fully saturated rings. The molecule has 2 unspecified atom stereocenters. The van der Waals surface area contributed by atoms with Crippen LogP contribution >= 0.6 is 0 Å². The second kappa shape index (κ2) is 6.83. The molecule has 9 heteroatoms. The van der Waals surface area contributed by atoms with Gasteiger partial charge in [-0.3, -0.25) is 4.84 Å². The summed E-state index contributed by atoms with van der Waals surface area (Å²) >= 11 is 0. The van der Waals surface area contributed by atoms with Crippen LogP contribution in [0.1, 0.15) is 17.4 Å². The van der Waals surface area contributed by atoms with Gasteiger partial charge in [-0.2, -0.15) is 9.37 Å². The van der Waals surface area contributed by atoms with Gasteiger partial charge in [0, 0.05) is 19.7 Å². The van der Waals surface area contributed by atoms with Gasteiger partial charge in [0.2, 0.25) is 10.0 Å². The summed E-state index contributed by atoms with van der Waals surface area (Å²) in [4.78, 5) is 5.31. The van der Waals surface area contributed by atoms with Crippen molar-refractivity contribution < 1.29 is 26.5 Å². The van der Waals surface area contributed by atoms with E-state index < -0.39 is 32.9 Å². The van der Waals surface area contributed by atoms with Gasteiger partial charge in [-0.25, -0.2) is 17.2 Å². The van der Waals surface area contributed by atoms with Crippen molar-refractivity contribution >= 4 is 10.0 Å². The maximum Gasteiger partial charge on any atom is 0.221 e. The van der Waals surface area contributed by atoms with Crippen LogP contribution in [0.2, 0.25) is 0 Å². The van der Waals surface area contributed by atoms with E-state index in [0.29, 0.717) is 5.76 Å². The second-order valence-corrected chi connectivity index (χ2v) is 8.13. The zero-order chi connectivity index (χ0) is 18.2. The molecule has 0 bridgehead atoms. The van der Waals surface area contributed by atoms with Crippen LogP contribution in [0.5, 0.6) is 0 Å². The first-order valence-corrected chi connectivity index (χ1v) is 9.09. The van der Waals surface area contributed by atoms with Gasteiger partial charge in [-0.15, -0.1) is 0 Å². The SMILES string of the molecule is CN1OCC(S(=O)(=O)N(C)Cc2ccco2)C1c1cc(F)ccc1F.